The normalized spacial score (nSPS) is 33.5. The van der Waals surface area contributed by atoms with Crippen LogP contribution in [0.4, 0.5) is 0 Å². The predicted octanol–water partition coefficient (Wildman–Crippen LogP) is 1.71. The molecule has 2 heterocycles. The van der Waals surface area contributed by atoms with Gasteiger partial charge >= 0.3 is 0 Å². The maximum absolute atomic E-state index is 12.2. The number of nitrogens with zero attached hydrogens (tertiary/aromatic N) is 3. The van der Waals surface area contributed by atoms with Gasteiger partial charge in [0.25, 0.3) is 0 Å². The first-order valence-corrected chi connectivity index (χ1v) is 10.5. The second-order valence-corrected chi connectivity index (χ2v) is 8.82. The average molecular weight is 363 g/mol. The minimum Gasteiger partial charge on any atom is -0.377 e. The maximum atomic E-state index is 12.2. The number of nitrogens with one attached hydrogen (secondary N) is 1. The third-order valence-electron chi connectivity index (χ3n) is 7.17. The number of hydrogen-bond acceptors (Lipinski definition) is 3. The highest BCUT2D eigenvalue weighted by Gasteiger charge is 2.65. The van der Waals surface area contributed by atoms with Crippen molar-refractivity contribution < 1.29 is 9.53 Å². The van der Waals surface area contributed by atoms with E-state index in [0.717, 1.165) is 38.7 Å². The maximum Gasteiger partial charge on any atom is 0.225 e. The summed E-state index contributed by atoms with van der Waals surface area (Å²) in [6, 6.07) is 0.506. The Bertz CT molecular complexity index is 562. The number of carbonyl (C=O) groups excluding carboxylic acids is 1. The SMILES string of the molecule is CN=C(NC1C2CCOC2C12CCCC2)N1CCN(C(=O)C(C)C)CC1. The Balaban J connectivity index is 1.39. The highest BCUT2D eigenvalue weighted by atomic mass is 16.5. The van der Waals surface area contributed by atoms with Crippen molar-refractivity contribution in [3.8, 4) is 0 Å². The molecule has 2 aliphatic heterocycles. The lowest BCUT2D eigenvalue weighted by Gasteiger charge is -2.57. The summed E-state index contributed by atoms with van der Waals surface area (Å²) in [4.78, 5) is 21.1. The van der Waals surface area contributed by atoms with E-state index in [-0.39, 0.29) is 11.8 Å². The Morgan fingerprint density at radius 1 is 1.15 bits per heavy atom. The van der Waals surface area contributed by atoms with Gasteiger partial charge in [0.1, 0.15) is 0 Å². The van der Waals surface area contributed by atoms with Gasteiger partial charge < -0.3 is 19.9 Å². The fraction of sp³-hybridized carbons (Fsp3) is 0.900. The van der Waals surface area contributed by atoms with Crippen LogP contribution < -0.4 is 5.32 Å². The van der Waals surface area contributed by atoms with E-state index in [2.05, 4.69) is 15.2 Å². The van der Waals surface area contributed by atoms with Crippen LogP contribution in [-0.4, -0.2) is 73.6 Å². The van der Waals surface area contributed by atoms with Crippen molar-refractivity contribution >= 4 is 11.9 Å². The Morgan fingerprint density at radius 3 is 2.42 bits per heavy atom. The second kappa shape index (κ2) is 7.02. The lowest BCUT2D eigenvalue weighted by atomic mass is 9.54. The van der Waals surface area contributed by atoms with Crippen LogP contribution in [-0.2, 0) is 9.53 Å². The van der Waals surface area contributed by atoms with E-state index >= 15 is 0 Å². The van der Waals surface area contributed by atoms with Gasteiger partial charge in [-0.3, -0.25) is 9.79 Å². The Labute approximate surface area is 157 Å². The fourth-order valence-corrected chi connectivity index (χ4v) is 5.84. The minimum absolute atomic E-state index is 0.0792. The van der Waals surface area contributed by atoms with Crippen LogP contribution in [0.5, 0.6) is 0 Å². The lowest BCUT2D eigenvalue weighted by molar-refractivity contribution is -0.135. The van der Waals surface area contributed by atoms with E-state index < -0.39 is 0 Å². The number of guanidine groups is 1. The second-order valence-electron chi connectivity index (χ2n) is 8.82. The molecule has 0 bridgehead atoms. The monoisotopic (exact) mass is 362 g/mol. The largest absolute Gasteiger partial charge is 0.377 e. The van der Waals surface area contributed by atoms with Gasteiger partial charge in [-0.15, -0.1) is 0 Å². The number of rotatable bonds is 2. The number of piperazine rings is 1. The summed E-state index contributed by atoms with van der Waals surface area (Å²) in [7, 11) is 1.89. The van der Waals surface area contributed by atoms with Gasteiger partial charge in [-0.2, -0.15) is 0 Å². The zero-order valence-corrected chi connectivity index (χ0v) is 16.5. The molecular formula is C20H34N4O2. The molecule has 2 saturated carbocycles. The van der Waals surface area contributed by atoms with Crippen LogP contribution in [0, 0.1) is 17.3 Å². The summed E-state index contributed by atoms with van der Waals surface area (Å²) in [6.45, 7) is 8.19. The van der Waals surface area contributed by atoms with Gasteiger partial charge in [0.2, 0.25) is 5.91 Å². The molecule has 6 nitrogen and oxygen atoms in total. The van der Waals surface area contributed by atoms with Crippen molar-refractivity contribution in [3.63, 3.8) is 0 Å². The zero-order valence-electron chi connectivity index (χ0n) is 16.5. The van der Waals surface area contributed by atoms with E-state index in [1.165, 1.54) is 32.1 Å². The smallest absolute Gasteiger partial charge is 0.225 e. The molecule has 4 aliphatic rings. The molecular weight excluding hydrogens is 328 g/mol. The molecule has 0 aromatic carbocycles. The van der Waals surface area contributed by atoms with E-state index in [9.17, 15) is 4.79 Å². The molecule has 2 aliphatic carbocycles. The minimum atomic E-state index is 0.0792. The molecule has 146 valence electrons. The number of hydrogen-bond donors (Lipinski definition) is 1. The lowest BCUT2D eigenvalue weighted by Crippen LogP contribution is -2.70. The van der Waals surface area contributed by atoms with Crippen LogP contribution in [0.3, 0.4) is 0 Å². The summed E-state index contributed by atoms with van der Waals surface area (Å²) in [5.41, 5.74) is 0.340. The molecule has 4 fully saturated rings. The van der Waals surface area contributed by atoms with Crippen LogP contribution in [0.2, 0.25) is 0 Å². The van der Waals surface area contributed by atoms with Gasteiger partial charge in [0.05, 0.1) is 6.10 Å². The highest BCUT2D eigenvalue weighted by molar-refractivity contribution is 5.82. The number of amides is 1. The molecule has 0 aromatic heterocycles. The number of aliphatic imine (C=N–C) groups is 1. The van der Waals surface area contributed by atoms with E-state index in [1.54, 1.807) is 0 Å². The summed E-state index contributed by atoms with van der Waals surface area (Å²) in [5, 5.41) is 3.84. The van der Waals surface area contributed by atoms with Crippen molar-refractivity contribution in [1.82, 2.24) is 15.1 Å². The third-order valence-corrected chi connectivity index (χ3v) is 7.17. The van der Waals surface area contributed by atoms with Gasteiger partial charge in [0.15, 0.2) is 5.96 Å². The Morgan fingerprint density at radius 2 is 1.81 bits per heavy atom. The fourth-order valence-electron chi connectivity index (χ4n) is 5.84. The Hall–Kier alpha value is -1.30. The van der Waals surface area contributed by atoms with Gasteiger partial charge in [-0.1, -0.05) is 26.7 Å². The van der Waals surface area contributed by atoms with Crippen LogP contribution in [0.15, 0.2) is 4.99 Å². The topological polar surface area (TPSA) is 57.2 Å². The first-order valence-electron chi connectivity index (χ1n) is 10.5. The number of fused-ring (bicyclic) bond motifs is 2. The van der Waals surface area contributed by atoms with Crippen LogP contribution in [0.25, 0.3) is 0 Å². The summed E-state index contributed by atoms with van der Waals surface area (Å²) < 4.78 is 6.11. The molecule has 4 rings (SSSR count). The van der Waals surface area contributed by atoms with Gasteiger partial charge in [0, 0.05) is 63.1 Å². The molecule has 0 radical (unpaired) electrons. The summed E-state index contributed by atoms with van der Waals surface area (Å²) in [5.74, 6) is 2.01. The quantitative estimate of drug-likeness (QED) is 0.600. The van der Waals surface area contributed by atoms with Crippen molar-refractivity contribution in [1.29, 1.82) is 0 Å². The summed E-state index contributed by atoms with van der Waals surface area (Å²) >= 11 is 0. The number of carbonyl (C=O) groups is 1. The zero-order chi connectivity index (χ0) is 18.3. The molecule has 6 heteroatoms. The van der Waals surface area contributed by atoms with Crippen LogP contribution in [0.1, 0.15) is 46.0 Å². The summed E-state index contributed by atoms with van der Waals surface area (Å²) in [6.07, 6.45) is 6.90. The third kappa shape index (κ3) is 2.81. The van der Waals surface area contributed by atoms with Crippen molar-refractivity contribution in [2.24, 2.45) is 22.2 Å². The molecule has 1 N–H and O–H groups in total. The standard InChI is InChI=1S/C20H34N4O2/c1-14(2)18(25)23-9-11-24(12-10-23)19(21-3)22-16-15-6-13-26-17(15)20(16)7-4-5-8-20/h14-17H,4-13H2,1-3H3,(H,21,22). The first kappa shape index (κ1) is 18.1. The van der Waals surface area contributed by atoms with Crippen molar-refractivity contribution in [2.45, 2.75) is 58.1 Å². The first-order chi connectivity index (χ1) is 12.6. The van der Waals surface area contributed by atoms with Crippen molar-refractivity contribution in [3.05, 3.63) is 0 Å². The molecule has 2 saturated heterocycles. The van der Waals surface area contributed by atoms with Gasteiger partial charge in [-0.05, 0) is 19.3 Å². The predicted molar refractivity (Wildman–Crippen MR) is 102 cm³/mol. The molecule has 3 atom stereocenters. The number of ether oxygens (including phenoxy) is 1. The van der Waals surface area contributed by atoms with Gasteiger partial charge in [-0.25, -0.2) is 0 Å². The molecule has 26 heavy (non-hydrogen) atoms. The van der Waals surface area contributed by atoms with Crippen LogP contribution >= 0.6 is 0 Å². The van der Waals surface area contributed by atoms with E-state index in [4.69, 9.17) is 4.74 Å². The van der Waals surface area contributed by atoms with Crippen molar-refractivity contribution in [2.75, 3.05) is 39.8 Å². The molecule has 3 unspecified atom stereocenters. The van der Waals surface area contributed by atoms with E-state index in [0.29, 0.717) is 23.5 Å². The molecule has 0 aromatic rings. The van der Waals surface area contributed by atoms with E-state index in [1.807, 2.05) is 25.8 Å². The highest BCUT2D eigenvalue weighted by Crippen LogP contribution is 2.60. The molecule has 1 amide bonds. The molecule has 1 spiro atoms. The average Bonchev–Trinajstić information content (AvgIpc) is 3.31. The Kier molecular flexibility index (Phi) is 4.88.